The molecule has 0 aliphatic heterocycles. The molecule has 0 saturated carbocycles. The van der Waals surface area contributed by atoms with E-state index in [1.54, 1.807) is 0 Å². The van der Waals surface area contributed by atoms with Crippen LogP contribution in [0.2, 0.25) is 5.02 Å². The van der Waals surface area contributed by atoms with E-state index in [0.717, 1.165) is 6.07 Å². The molecule has 108 valence electrons. The number of benzene rings is 2. The molecule has 21 heavy (non-hydrogen) atoms. The number of carbonyl (C=O) groups is 1. The van der Waals surface area contributed by atoms with Crippen molar-refractivity contribution in [2.24, 2.45) is 0 Å². The van der Waals surface area contributed by atoms with Crippen LogP contribution in [-0.4, -0.2) is 10.8 Å². The number of carbonyl (C=O) groups excluding carboxylic acids is 1. The fourth-order valence-corrected chi connectivity index (χ4v) is 2.25. The lowest BCUT2D eigenvalue weighted by Gasteiger charge is -2.08. The molecule has 1 N–H and O–H groups in total. The monoisotopic (exact) mass is 372 g/mol. The maximum Gasteiger partial charge on any atom is 0.271 e. The van der Waals surface area contributed by atoms with E-state index in [1.165, 1.54) is 30.3 Å². The maximum atomic E-state index is 13.4. The fraction of sp³-hybridized carbons (Fsp3) is 0. The third-order valence-electron chi connectivity index (χ3n) is 2.61. The first-order valence-corrected chi connectivity index (χ1v) is 6.76. The number of nitro benzene ring substituents is 1. The predicted octanol–water partition coefficient (Wildman–Crippen LogP) is 4.40. The number of hydrogen-bond acceptors (Lipinski definition) is 3. The normalized spacial score (nSPS) is 10.2. The number of anilines is 1. The van der Waals surface area contributed by atoms with Gasteiger partial charge in [-0.2, -0.15) is 0 Å². The first kappa shape index (κ1) is 15.4. The van der Waals surface area contributed by atoms with E-state index in [2.05, 4.69) is 21.2 Å². The topological polar surface area (TPSA) is 72.2 Å². The summed E-state index contributed by atoms with van der Waals surface area (Å²) < 4.78 is 13.4. The van der Waals surface area contributed by atoms with E-state index < -0.39 is 16.6 Å². The minimum absolute atomic E-state index is 0.0186. The molecule has 0 spiro atoms. The van der Waals surface area contributed by atoms with E-state index in [1.807, 2.05) is 0 Å². The van der Waals surface area contributed by atoms with Crippen molar-refractivity contribution in [2.45, 2.75) is 0 Å². The first-order chi connectivity index (χ1) is 9.90. The molecule has 2 rings (SSSR count). The Hall–Kier alpha value is -1.99. The molecule has 2 aromatic rings. The molecule has 0 saturated heterocycles. The van der Waals surface area contributed by atoms with Crippen molar-refractivity contribution in [1.29, 1.82) is 0 Å². The van der Waals surface area contributed by atoms with Crippen molar-refractivity contribution in [3.8, 4) is 0 Å². The van der Waals surface area contributed by atoms with Gasteiger partial charge in [-0.25, -0.2) is 4.39 Å². The standard InChI is InChI=1S/C13H7BrClFN2O3/c14-12-8(2-1-3-10(12)16)13(19)17-11-5-4-7(18(20)21)6-9(11)15/h1-6H,(H,17,19). The Labute approximate surface area is 132 Å². The van der Waals surface area contributed by atoms with E-state index in [-0.39, 0.29) is 26.4 Å². The summed E-state index contributed by atoms with van der Waals surface area (Å²) in [5.41, 5.74) is 0.0952. The van der Waals surface area contributed by atoms with Gasteiger partial charge in [0.15, 0.2) is 0 Å². The lowest BCUT2D eigenvalue weighted by atomic mass is 10.2. The molecule has 0 aliphatic rings. The van der Waals surface area contributed by atoms with Crippen LogP contribution >= 0.6 is 27.5 Å². The van der Waals surface area contributed by atoms with E-state index in [9.17, 15) is 19.3 Å². The SMILES string of the molecule is O=C(Nc1ccc([N+](=O)[O-])cc1Cl)c1cccc(F)c1Br. The van der Waals surface area contributed by atoms with Crippen LogP contribution < -0.4 is 5.32 Å². The van der Waals surface area contributed by atoms with Crippen LogP contribution in [0.1, 0.15) is 10.4 Å². The van der Waals surface area contributed by atoms with Gasteiger partial charge in [0, 0.05) is 12.1 Å². The zero-order chi connectivity index (χ0) is 15.6. The highest BCUT2D eigenvalue weighted by molar-refractivity contribution is 9.10. The Balaban J connectivity index is 2.28. The van der Waals surface area contributed by atoms with Crippen molar-refractivity contribution in [3.05, 3.63) is 67.4 Å². The van der Waals surface area contributed by atoms with Gasteiger partial charge in [-0.15, -0.1) is 0 Å². The Morgan fingerprint density at radius 3 is 2.67 bits per heavy atom. The zero-order valence-corrected chi connectivity index (χ0v) is 12.6. The number of nitrogens with one attached hydrogen (secondary N) is 1. The molecule has 0 bridgehead atoms. The molecule has 0 heterocycles. The van der Waals surface area contributed by atoms with Crippen molar-refractivity contribution < 1.29 is 14.1 Å². The van der Waals surface area contributed by atoms with Crippen LogP contribution in [0.3, 0.4) is 0 Å². The van der Waals surface area contributed by atoms with Gasteiger partial charge in [0.1, 0.15) is 5.82 Å². The Kier molecular flexibility index (Phi) is 4.54. The quantitative estimate of drug-likeness (QED) is 0.640. The molecule has 0 atom stereocenters. The predicted molar refractivity (Wildman–Crippen MR) is 80.2 cm³/mol. The summed E-state index contributed by atoms with van der Waals surface area (Å²) >= 11 is 8.86. The molecule has 0 fully saturated rings. The number of rotatable bonds is 3. The molecule has 1 amide bonds. The van der Waals surface area contributed by atoms with Gasteiger partial charge in [-0.1, -0.05) is 17.7 Å². The van der Waals surface area contributed by atoms with Crippen molar-refractivity contribution in [2.75, 3.05) is 5.32 Å². The molecule has 8 heteroatoms. The van der Waals surface area contributed by atoms with Crippen LogP contribution in [0.15, 0.2) is 40.9 Å². The molecule has 2 aromatic carbocycles. The molecule has 5 nitrogen and oxygen atoms in total. The Morgan fingerprint density at radius 2 is 2.05 bits per heavy atom. The lowest BCUT2D eigenvalue weighted by molar-refractivity contribution is -0.384. The van der Waals surface area contributed by atoms with Gasteiger partial charge < -0.3 is 5.32 Å². The van der Waals surface area contributed by atoms with Crippen LogP contribution in [-0.2, 0) is 0 Å². The minimum atomic E-state index is -0.597. The minimum Gasteiger partial charge on any atom is -0.321 e. The summed E-state index contributed by atoms with van der Waals surface area (Å²) in [4.78, 5) is 22.1. The maximum absolute atomic E-state index is 13.4. The smallest absolute Gasteiger partial charge is 0.271 e. The van der Waals surface area contributed by atoms with Gasteiger partial charge in [0.05, 0.1) is 25.7 Å². The highest BCUT2D eigenvalue weighted by atomic mass is 79.9. The van der Waals surface area contributed by atoms with Gasteiger partial charge >= 0.3 is 0 Å². The highest BCUT2D eigenvalue weighted by Crippen LogP contribution is 2.28. The highest BCUT2D eigenvalue weighted by Gasteiger charge is 2.16. The fourth-order valence-electron chi connectivity index (χ4n) is 1.59. The third kappa shape index (κ3) is 3.37. The number of amides is 1. The molecule has 0 aromatic heterocycles. The van der Waals surface area contributed by atoms with Crippen molar-refractivity contribution in [3.63, 3.8) is 0 Å². The number of hydrogen-bond donors (Lipinski definition) is 1. The Bertz CT molecular complexity index is 739. The average molecular weight is 374 g/mol. The molecule has 0 aliphatic carbocycles. The van der Waals surface area contributed by atoms with E-state index >= 15 is 0 Å². The zero-order valence-electron chi connectivity index (χ0n) is 10.3. The summed E-state index contributed by atoms with van der Waals surface area (Å²) in [6, 6.07) is 7.68. The second-order valence-electron chi connectivity index (χ2n) is 3.98. The average Bonchev–Trinajstić information content (AvgIpc) is 2.43. The molecule has 0 radical (unpaired) electrons. The number of nitrogens with zero attached hydrogens (tertiary/aromatic N) is 1. The number of halogens is 3. The Morgan fingerprint density at radius 1 is 1.33 bits per heavy atom. The summed E-state index contributed by atoms with van der Waals surface area (Å²) in [7, 11) is 0. The number of nitro groups is 1. The third-order valence-corrected chi connectivity index (χ3v) is 3.73. The second-order valence-corrected chi connectivity index (χ2v) is 5.18. The summed E-state index contributed by atoms with van der Waals surface area (Å²) in [5, 5.41) is 13.1. The number of non-ortho nitro benzene ring substituents is 1. The van der Waals surface area contributed by atoms with Crippen molar-refractivity contribution in [1.82, 2.24) is 0 Å². The van der Waals surface area contributed by atoms with Crippen LogP contribution in [0.5, 0.6) is 0 Å². The van der Waals surface area contributed by atoms with Gasteiger partial charge in [-0.05, 0) is 34.1 Å². The molecular formula is C13H7BrClFN2O3. The largest absolute Gasteiger partial charge is 0.321 e. The van der Waals surface area contributed by atoms with Gasteiger partial charge in [0.2, 0.25) is 0 Å². The molecular weight excluding hydrogens is 367 g/mol. The molecule has 0 unspecified atom stereocenters. The van der Waals surface area contributed by atoms with Gasteiger partial charge in [0.25, 0.3) is 11.6 Å². The second kappa shape index (κ2) is 6.19. The summed E-state index contributed by atoms with van der Waals surface area (Å²) in [6.07, 6.45) is 0. The van der Waals surface area contributed by atoms with Crippen LogP contribution in [0.4, 0.5) is 15.8 Å². The van der Waals surface area contributed by atoms with Gasteiger partial charge in [-0.3, -0.25) is 14.9 Å². The van der Waals surface area contributed by atoms with Crippen molar-refractivity contribution >= 4 is 44.8 Å². The summed E-state index contributed by atoms with van der Waals surface area (Å²) in [5.74, 6) is -1.16. The first-order valence-electron chi connectivity index (χ1n) is 5.59. The van der Waals surface area contributed by atoms with Crippen LogP contribution in [0.25, 0.3) is 0 Å². The van der Waals surface area contributed by atoms with Crippen LogP contribution in [0, 0.1) is 15.9 Å². The lowest BCUT2D eigenvalue weighted by Crippen LogP contribution is -2.13. The van der Waals surface area contributed by atoms with E-state index in [4.69, 9.17) is 11.6 Å². The summed E-state index contributed by atoms with van der Waals surface area (Å²) in [6.45, 7) is 0. The van der Waals surface area contributed by atoms with E-state index in [0.29, 0.717) is 0 Å².